The fraction of sp³-hybridized carbons (Fsp3) is 1.00. The summed E-state index contributed by atoms with van der Waals surface area (Å²) in [6.07, 6.45) is 13.6. The molecule has 0 bridgehead atoms. The Morgan fingerprint density at radius 2 is 1.68 bits per heavy atom. The van der Waals surface area contributed by atoms with E-state index in [9.17, 15) is 0 Å². The molecule has 2 nitrogen and oxygen atoms in total. The van der Waals surface area contributed by atoms with Crippen molar-refractivity contribution in [3.63, 3.8) is 0 Å². The fourth-order valence-electron chi connectivity index (χ4n) is 4.03. The fourth-order valence-corrected chi connectivity index (χ4v) is 4.03. The molecule has 0 heterocycles. The van der Waals surface area contributed by atoms with Gasteiger partial charge in [-0.25, -0.2) is 0 Å². The Kier molecular flexibility index (Phi) is 5.70. The molecular formula is C17H34N2. The molecule has 0 unspecified atom stereocenters. The summed E-state index contributed by atoms with van der Waals surface area (Å²) >= 11 is 0. The van der Waals surface area contributed by atoms with Gasteiger partial charge >= 0.3 is 0 Å². The summed E-state index contributed by atoms with van der Waals surface area (Å²) in [5.74, 6) is 0.778. The second-order valence-electron chi connectivity index (χ2n) is 7.50. The molecular weight excluding hydrogens is 232 g/mol. The Labute approximate surface area is 120 Å². The Balaban J connectivity index is 1.84. The van der Waals surface area contributed by atoms with Gasteiger partial charge in [0.1, 0.15) is 0 Å². The summed E-state index contributed by atoms with van der Waals surface area (Å²) in [7, 11) is 0. The Morgan fingerprint density at radius 1 is 1.05 bits per heavy atom. The molecule has 2 aliphatic rings. The van der Waals surface area contributed by atoms with Gasteiger partial charge in [-0.15, -0.1) is 0 Å². The van der Waals surface area contributed by atoms with Gasteiger partial charge in [0.2, 0.25) is 0 Å². The molecule has 0 aromatic heterocycles. The molecule has 0 atom stereocenters. The predicted molar refractivity (Wildman–Crippen MR) is 83.3 cm³/mol. The molecule has 2 fully saturated rings. The molecule has 19 heavy (non-hydrogen) atoms. The molecule has 0 radical (unpaired) electrons. The lowest BCUT2D eigenvalue weighted by Gasteiger charge is -2.37. The highest BCUT2D eigenvalue weighted by Crippen LogP contribution is 2.30. The summed E-state index contributed by atoms with van der Waals surface area (Å²) in [5, 5.41) is 0. The van der Waals surface area contributed by atoms with E-state index in [-0.39, 0.29) is 5.54 Å². The van der Waals surface area contributed by atoms with Crippen LogP contribution in [0.3, 0.4) is 0 Å². The highest BCUT2D eigenvalue weighted by atomic mass is 15.2. The highest BCUT2D eigenvalue weighted by Gasteiger charge is 2.30. The summed E-state index contributed by atoms with van der Waals surface area (Å²) in [4.78, 5) is 2.76. The average molecular weight is 266 g/mol. The standard InChI is InChI=1S/C17H34N2/c1-15(2)14-19(16-8-4-5-9-16)13-12-17(18)10-6-3-7-11-17/h15-16H,3-14,18H2,1-2H3. The summed E-state index contributed by atoms with van der Waals surface area (Å²) < 4.78 is 0. The van der Waals surface area contributed by atoms with Crippen LogP contribution in [0, 0.1) is 5.92 Å². The zero-order valence-electron chi connectivity index (χ0n) is 13.2. The molecule has 0 aliphatic heterocycles. The lowest BCUT2D eigenvalue weighted by molar-refractivity contribution is 0.148. The van der Waals surface area contributed by atoms with E-state index in [2.05, 4.69) is 18.7 Å². The Morgan fingerprint density at radius 3 is 2.26 bits per heavy atom. The van der Waals surface area contributed by atoms with E-state index in [0.717, 1.165) is 12.0 Å². The zero-order chi connectivity index (χ0) is 13.7. The van der Waals surface area contributed by atoms with Crippen LogP contribution in [0.25, 0.3) is 0 Å². The zero-order valence-corrected chi connectivity index (χ0v) is 13.2. The first-order valence-electron chi connectivity index (χ1n) is 8.62. The molecule has 0 aromatic carbocycles. The lowest BCUT2D eigenvalue weighted by atomic mass is 9.80. The lowest BCUT2D eigenvalue weighted by Crippen LogP contribution is -2.46. The second kappa shape index (κ2) is 7.08. The van der Waals surface area contributed by atoms with Crippen LogP contribution in [0.1, 0.15) is 78.1 Å². The number of nitrogens with zero attached hydrogens (tertiary/aromatic N) is 1. The van der Waals surface area contributed by atoms with Crippen LogP contribution >= 0.6 is 0 Å². The average Bonchev–Trinajstić information content (AvgIpc) is 2.89. The molecule has 2 aliphatic carbocycles. The van der Waals surface area contributed by atoms with Crippen LogP contribution in [0.2, 0.25) is 0 Å². The van der Waals surface area contributed by atoms with Crippen molar-refractivity contribution in [1.29, 1.82) is 0 Å². The minimum absolute atomic E-state index is 0.159. The van der Waals surface area contributed by atoms with Crippen molar-refractivity contribution >= 4 is 0 Å². The van der Waals surface area contributed by atoms with Crippen LogP contribution in [0.5, 0.6) is 0 Å². The van der Waals surface area contributed by atoms with Gasteiger partial charge in [0.05, 0.1) is 0 Å². The largest absolute Gasteiger partial charge is 0.325 e. The number of hydrogen-bond donors (Lipinski definition) is 1. The van der Waals surface area contributed by atoms with Crippen molar-refractivity contribution < 1.29 is 0 Å². The van der Waals surface area contributed by atoms with Gasteiger partial charge in [0, 0.05) is 24.7 Å². The van der Waals surface area contributed by atoms with E-state index in [4.69, 9.17) is 5.73 Å². The van der Waals surface area contributed by atoms with Crippen LogP contribution in [-0.2, 0) is 0 Å². The van der Waals surface area contributed by atoms with Gasteiger partial charge in [0.15, 0.2) is 0 Å². The van der Waals surface area contributed by atoms with Gasteiger partial charge in [-0.2, -0.15) is 0 Å². The molecule has 2 N–H and O–H groups in total. The van der Waals surface area contributed by atoms with Gasteiger partial charge in [-0.1, -0.05) is 46.0 Å². The third-order valence-electron chi connectivity index (χ3n) is 5.19. The van der Waals surface area contributed by atoms with Crippen LogP contribution in [0.15, 0.2) is 0 Å². The second-order valence-corrected chi connectivity index (χ2v) is 7.50. The third-order valence-corrected chi connectivity index (χ3v) is 5.19. The van der Waals surface area contributed by atoms with Crippen molar-refractivity contribution in [1.82, 2.24) is 4.90 Å². The van der Waals surface area contributed by atoms with E-state index < -0.39 is 0 Å². The maximum atomic E-state index is 6.61. The summed E-state index contributed by atoms with van der Waals surface area (Å²) in [5.41, 5.74) is 6.77. The molecule has 0 spiro atoms. The van der Waals surface area contributed by atoms with Crippen molar-refractivity contribution in [2.24, 2.45) is 11.7 Å². The van der Waals surface area contributed by atoms with E-state index in [1.165, 1.54) is 77.3 Å². The molecule has 0 amide bonds. The Hall–Kier alpha value is -0.0800. The number of rotatable bonds is 6. The van der Waals surface area contributed by atoms with Gasteiger partial charge in [-0.05, 0) is 38.0 Å². The predicted octanol–water partition coefficient (Wildman–Crippen LogP) is 3.94. The van der Waals surface area contributed by atoms with Crippen molar-refractivity contribution in [2.45, 2.75) is 89.6 Å². The first-order chi connectivity index (χ1) is 9.09. The molecule has 2 rings (SSSR count). The molecule has 0 saturated heterocycles. The van der Waals surface area contributed by atoms with Crippen LogP contribution in [-0.4, -0.2) is 29.6 Å². The normalized spacial score (nSPS) is 24.5. The number of hydrogen-bond acceptors (Lipinski definition) is 2. The quantitative estimate of drug-likeness (QED) is 0.789. The van der Waals surface area contributed by atoms with E-state index >= 15 is 0 Å². The SMILES string of the molecule is CC(C)CN(CCC1(N)CCCCC1)C1CCCC1. The van der Waals surface area contributed by atoms with Crippen molar-refractivity contribution in [3.8, 4) is 0 Å². The van der Waals surface area contributed by atoms with Gasteiger partial charge in [0.25, 0.3) is 0 Å². The van der Waals surface area contributed by atoms with Gasteiger partial charge in [-0.3, -0.25) is 0 Å². The third kappa shape index (κ3) is 4.75. The highest BCUT2D eigenvalue weighted by molar-refractivity contribution is 4.89. The first-order valence-corrected chi connectivity index (χ1v) is 8.62. The summed E-state index contributed by atoms with van der Waals surface area (Å²) in [6.45, 7) is 7.20. The number of nitrogens with two attached hydrogens (primary N) is 1. The van der Waals surface area contributed by atoms with Crippen molar-refractivity contribution in [2.75, 3.05) is 13.1 Å². The minimum atomic E-state index is 0.159. The van der Waals surface area contributed by atoms with Crippen LogP contribution in [0.4, 0.5) is 0 Å². The molecule has 112 valence electrons. The summed E-state index contributed by atoms with van der Waals surface area (Å²) in [6, 6.07) is 0.856. The Bertz CT molecular complexity index is 250. The minimum Gasteiger partial charge on any atom is -0.325 e. The smallest absolute Gasteiger partial charge is 0.0166 e. The van der Waals surface area contributed by atoms with Crippen LogP contribution < -0.4 is 5.73 Å². The topological polar surface area (TPSA) is 29.3 Å². The van der Waals surface area contributed by atoms with Crippen molar-refractivity contribution in [3.05, 3.63) is 0 Å². The maximum absolute atomic E-state index is 6.61. The first kappa shape index (κ1) is 15.3. The maximum Gasteiger partial charge on any atom is 0.0166 e. The van der Waals surface area contributed by atoms with Gasteiger partial charge < -0.3 is 10.6 Å². The monoisotopic (exact) mass is 266 g/mol. The molecule has 2 heteroatoms. The van der Waals surface area contributed by atoms with E-state index in [1.54, 1.807) is 0 Å². The van der Waals surface area contributed by atoms with E-state index in [1.807, 2.05) is 0 Å². The molecule has 2 saturated carbocycles. The van der Waals surface area contributed by atoms with E-state index in [0.29, 0.717) is 0 Å². The molecule has 0 aromatic rings.